The van der Waals surface area contributed by atoms with Gasteiger partial charge < -0.3 is 11.1 Å². The molecule has 6 heteroatoms. The van der Waals surface area contributed by atoms with Crippen molar-refractivity contribution in [3.8, 4) is 0 Å². The number of benzene rings is 1. The lowest BCUT2D eigenvalue weighted by Crippen LogP contribution is -2.41. The third kappa shape index (κ3) is 5.06. The van der Waals surface area contributed by atoms with E-state index >= 15 is 0 Å². The zero-order valence-corrected chi connectivity index (χ0v) is 12.4. The van der Waals surface area contributed by atoms with Crippen LogP contribution in [0.4, 0.5) is 0 Å². The number of likely N-dealkylation sites (N-methyl/N-ethyl adjacent to an activating group) is 1. The minimum Gasteiger partial charge on any atom is -0.368 e. The van der Waals surface area contributed by atoms with Gasteiger partial charge in [-0.1, -0.05) is 30.1 Å². The highest BCUT2D eigenvalue weighted by molar-refractivity contribution is 7.99. The minimum absolute atomic E-state index is 0.273. The molecule has 1 aromatic carbocycles. The molecule has 100 valence electrons. The van der Waals surface area contributed by atoms with E-state index in [-0.39, 0.29) is 11.9 Å². The molecule has 0 spiro atoms. The van der Waals surface area contributed by atoms with E-state index in [4.69, 9.17) is 28.9 Å². The first-order valence-corrected chi connectivity index (χ1v) is 7.39. The summed E-state index contributed by atoms with van der Waals surface area (Å²) in [5, 5.41) is 4.14. The SMILES string of the molecule is CCNC(CCSc1ccc(Cl)c(Cl)c1)C(N)=O. The van der Waals surface area contributed by atoms with Crippen LogP contribution in [-0.4, -0.2) is 24.2 Å². The van der Waals surface area contributed by atoms with Gasteiger partial charge in [0.1, 0.15) is 0 Å². The summed E-state index contributed by atoms with van der Waals surface area (Å²) in [6, 6.07) is 5.22. The fourth-order valence-electron chi connectivity index (χ4n) is 1.45. The van der Waals surface area contributed by atoms with Crippen LogP contribution in [0.15, 0.2) is 23.1 Å². The van der Waals surface area contributed by atoms with Crippen molar-refractivity contribution in [1.82, 2.24) is 5.32 Å². The van der Waals surface area contributed by atoms with Gasteiger partial charge in [0.05, 0.1) is 16.1 Å². The van der Waals surface area contributed by atoms with E-state index in [0.29, 0.717) is 16.5 Å². The van der Waals surface area contributed by atoms with E-state index < -0.39 is 0 Å². The molecular weight excluding hydrogens is 291 g/mol. The van der Waals surface area contributed by atoms with Gasteiger partial charge in [-0.3, -0.25) is 4.79 Å². The zero-order valence-electron chi connectivity index (χ0n) is 10.1. The highest BCUT2D eigenvalue weighted by Crippen LogP contribution is 2.28. The van der Waals surface area contributed by atoms with Gasteiger partial charge in [0.15, 0.2) is 0 Å². The molecule has 0 aliphatic rings. The van der Waals surface area contributed by atoms with E-state index in [1.54, 1.807) is 17.8 Å². The number of halogens is 2. The molecule has 3 nitrogen and oxygen atoms in total. The third-order valence-electron chi connectivity index (χ3n) is 2.36. The van der Waals surface area contributed by atoms with Crippen molar-refractivity contribution in [1.29, 1.82) is 0 Å². The predicted octanol–water partition coefficient (Wildman–Crippen LogP) is 2.94. The highest BCUT2D eigenvalue weighted by atomic mass is 35.5. The fraction of sp³-hybridized carbons (Fsp3) is 0.417. The summed E-state index contributed by atoms with van der Waals surface area (Å²) in [4.78, 5) is 12.2. The van der Waals surface area contributed by atoms with Crippen LogP contribution in [0.25, 0.3) is 0 Å². The molecule has 0 aliphatic heterocycles. The molecule has 0 bridgehead atoms. The molecule has 0 aromatic heterocycles. The predicted molar refractivity (Wildman–Crippen MR) is 78.5 cm³/mol. The lowest BCUT2D eigenvalue weighted by atomic mass is 10.2. The largest absolute Gasteiger partial charge is 0.368 e. The summed E-state index contributed by atoms with van der Waals surface area (Å²) < 4.78 is 0. The van der Waals surface area contributed by atoms with E-state index in [9.17, 15) is 4.79 Å². The molecule has 1 rings (SSSR count). The minimum atomic E-state index is -0.313. The van der Waals surface area contributed by atoms with Gasteiger partial charge in [-0.25, -0.2) is 0 Å². The Bertz CT molecular complexity index is 415. The molecule has 1 unspecified atom stereocenters. The first-order chi connectivity index (χ1) is 8.54. The van der Waals surface area contributed by atoms with Crippen molar-refractivity contribution in [2.24, 2.45) is 5.73 Å². The Morgan fingerprint density at radius 3 is 2.72 bits per heavy atom. The number of carbonyl (C=O) groups is 1. The molecule has 1 amide bonds. The quantitative estimate of drug-likeness (QED) is 0.762. The number of hydrogen-bond donors (Lipinski definition) is 2. The van der Waals surface area contributed by atoms with Crippen LogP contribution < -0.4 is 11.1 Å². The van der Waals surface area contributed by atoms with Crippen LogP contribution >= 0.6 is 35.0 Å². The van der Waals surface area contributed by atoms with Crippen molar-refractivity contribution in [3.63, 3.8) is 0 Å². The number of hydrogen-bond acceptors (Lipinski definition) is 3. The normalized spacial score (nSPS) is 12.4. The molecule has 0 fully saturated rings. The highest BCUT2D eigenvalue weighted by Gasteiger charge is 2.13. The summed E-state index contributed by atoms with van der Waals surface area (Å²) in [5.74, 6) is 0.477. The average molecular weight is 307 g/mol. The lowest BCUT2D eigenvalue weighted by molar-refractivity contribution is -0.120. The number of carbonyl (C=O) groups excluding carboxylic acids is 1. The number of primary amides is 1. The summed E-state index contributed by atoms with van der Waals surface area (Å²) in [5.41, 5.74) is 5.30. The molecule has 3 N–H and O–H groups in total. The summed E-state index contributed by atoms with van der Waals surface area (Å²) in [6.07, 6.45) is 0.689. The van der Waals surface area contributed by atoms with Crippen LogP contribution in [0.3, 0.4) is 0 Å². The summed E-state index contributed by atoms with van der Waals surface area (Å²) >= 11 is 13.4. The van der Waals surface area contributed by atoms with Gasteiger partial charge >= 0.3 is 0 Å². The van der Waals surface area contributed by atoms with E-state index in [1.807, 2.05) is 19.1 Å². The number of nitrogens with one attached hydrogen (secondary N) is 1. The van der Waals surface area contributed by atoms with E-state index in [0.717, 1.165) is 17.2 Å². The second kappa shape index (κ2) is 7.89. The van der Waals surface area contributed by atoms with Crippen molar-refractivity contribution >= 4 is 40.9 Å². The first kappa shape index (κ1) is 15.6. The van der Waals surface area contributed by atoms with Gasteiger partial charge in [-0.15, -0.1) is 11.8 Å². The summed E-state index contributed by atoms with van der Waals surface area (Å²) in [7, 11) is 0. The average Bonchev–Trinajstić information content (AvgIpc) is 2.32. The Balaban J connectivity index is 2.44. The third-order valence-corrected chi connectivity index (χ3v) is 4.13. The number of amides is 1. The Morgan fingerprint density at radius 2 is 2.17 bits per heavy atom. The topological polar surface area (TPSA) is 55.1 Å². The van der Waals surface area contributed by atoms with Crippen molar-refractivity contribution in [2.45, 2.75) is 24.3 Å². The first-order valence-electron chi connectivity index (χ1n) is 5.65. The Labute approximate surface area is 121 Å². The monoisotopic (exact) mass is 306 g/mol. The van der Waals surface area contributed by atoms with Crippen LogP contribution in [-0.2, 0) is 4.79 Å². The number of rotatable bonds is 7. The molecular formula is C12H16Cl2N2OS. The smallest absolute Gasteiger partial charge is 0.234 e. The van der Waals surface area contributed by atoms with Crippen LogP contribution in [0.5, 0.6) is 0 Å². The molecule has 0 radical (unpaired) electrons. The van der Waals surface area contributed by atoms with E-state index in [2.05, 4.69) is 5.32 Å². The van der Waals surface area contributed by atoms with Crippen LogP contribution in [0.1, 0.15) is 13.3 Å². The fourth-order valence-corrected chi connectivity index (χ4v) is 2.77. The van der Waals surface area contributed by atoms with Crippen molar-refractivity contribution in [2.75, 3.05) is 12.3 Å². The number of thioether (sulfide) groups is 1. The molecule has 0 aliphatic carbocycles. The molecule has 1 aromatic rings. The second-order valence-corrected chi connectivity index (χ2v) is 5.71. The van der Waals surface area contributed by atoms with E-state index in [1.165, 1.54) is 0 Å². The maximum atomic E-state index is 11.1. The maximum absolute atomic E-state index is 11.1. The van der Waals surface area contributed by atoms with Gasteiger partial charge in [0.2, 0.25) is 5.91 Å². The molecule has 0 saturated heterocycles. The maximum Gasteiger partial charge on any atom is 0.234 e. The Kier molecular flexibility index (Phi) is 6.86. The molecule has 1 atom stereocenters. The molecule has 0 saturated carbocycles. The van der Waals surface area contributed by atoms with Gasteiger partial charge in [-0.2, -0.15) is 0 Å². The van der Waals surface area contributed by atoms with Crippen LogP contribution in [0.2, 0.25) is 10.0 Å². The number of nitrogens with two attached hydrogens (primary N) is 1. The van der Waals surface area contributed by atoms with Crippen LogP contribution in [0, 0.1) is 0 Å². The second-order valence-electron chi connectivity index (χ2n) is 3.73. The lowest BCUT2D eigenvalue weighted by Gasteiger charge is -2.13. The van der Waals surface area contributed by atoms with Crippen molar-refractivity contribution < 1.29 is 4.79 Å². The Morgan fingerprint density at radius 1 is 1.44 bits per heavy atom. The summed E-state index contributed by atoms with van der Waals surface area (Å²) in [6.45, 7) is 2.67. The van der Waals surface area contributed by atoms with Gasteiger partial charge in [0.25, 0.3) is 0 Å². The van der Waals surface area contributed by atoms with Gasteiger partial charge in [0, 0.05) is 4.90 Å². The standard InChI is InChI=1S/C12H16Cl2N2OS/c1-2-16-11(12(15)17)5-6-18-8-3-4-9(13)10(14)7-8/h3-4,7,11,16H,2,5-6H2,1H3,(H2,15,17). The molecule has 18 heavy (non-hydrogen) atoms. The van der Waals surface area contributed by atoms with Crippen molar-refractivity contribution in [3.05, 3.63) is 28.2 Å². The van der Waals surface area contributed by atoms with Gasteiger partial charge in [-0.05, 0) is 36.9 Å². The zero-order chi connectivity index (χ0) is 13.5. The molecule has 0 heterocycles. The Hall–Kier alpha value is -0.420.